The SMILES string of the molecule is CC(C)CCCCNC(=O)C(C)(C)CCOC(C)CCNC(=O)CCC(NC(=O)C(C)(C)CC(C)(C)C)C(=O)O. The van der Waals surface area contributed by atoms with Crippen LogP contribution < -0.4 is 16.0 Å². The molecule has 0 bridgehead atoms. The number of carboxylic acids is 1. The van der Waals surface area contributed by atoms with Gasteiger partial charge in [-0.25, -0.2) is 4.79 Å². The van der Waals surface area contributed by atoms with Gasteiger partial charge in [-0.05, 0) is 50.4 Å². The number of unbranched alkanes of at least 4 members (excludes halogenated alkanes) is 1. The molecule has 0 aliphatic rings. The van der Waals surface area contributed by atoms with Crippen LogP contribution in [0.2, 0.25) is 0 Å². The molecule has 40 heavy (non-hydrogen) atoms. The van der Waals surface area contributed by atoms with Crippen LogP contribution in [0.4, 0.5) is 0 Å². The molecule has 2 atom stereocenters. The minimum Gasteiger partial charge on any atom is -0.480 e. The van der Waals surface area contributed by atoms with E-state index in [-0.39, 0.29) is 42.1 Å². The number of carboxylic acid groups (broad SMARTS) is 1. The first kappa shape index (κ1) is 37.8. The molecule has 0 aromatic rings. The predicted molar refractivity (Wildman–Crippen MR) is 160 cm³/mol. The Morgan fingerprint density at radius 2 is 1.40 bits per heavy atom. The number of rotatable bonds is 20. The Bertz CT molecular complexity index is 801. The summed E-state index contributed by atoms with van der Waals surface area (Å²) >= 11 is 0. The van der Waals surface area contributed by atoms with Gasteiger partial charge in [0.2, 0.25) is 17.7 Å². The van der Waals surface area contributed by atoms with Gasteiger partial charge in [-0.1, -0.05) is 75.2 Å². The number of amides is 3. The molecule has 9 heteroatoms. The van der Waals surface area contributed by atoms with Gasteiger partial charge in [0, 0.05) is 36.9 Å². The van der Waals surface area contributed by atoms with Gasteiger partial charge in [-0.2, -0.15) is 0 Å². The minimum absolute atomic E-state index is 0.00699. The average Bonchev–Trinajstić information content (AvgIpc) is 2.79. The van der Waals surface area contributed by atoms with Gasteiger partial charge in [0.05, 0.1) is 6.10 Å². The molecule has 0 aromatic heterocycles. The van der Waals surface area contributed by atoms with E-state index in [4.69, 9.17) is 4.74 Å². The number of ether oxygens (including phenoxy) is 1. The topological polar surface area (TPSA) is 134 Å². The number of carbonyl (C=O) groups is 4. The summed E-state index contributed by atoms with van der Waals surface area (Å²) in [6.45, 7) is 21.4. The lowest BCUT2D eigenvalue weighted by Crippen LogP contribution is -2.48. The van der Waals surface area contributed by atoms with Crippen LogP contribution in [-0.2, 0) is 23.9 Å². The van der Waals surface area contributed by atoms with Crippen molar-refractivity contribution >= 4 is 23.7 Å². The normalized spacial score (nSPS) is 14.0. The molecular weight excluding hydrogens is 510 g/mol. The highest BCUT2D eigenvalue weighted by molar-refractivity contribution is 5.87. The number of hydrogen-bond acceptors (Lipinski definition) is 5. The maximum Gasteiger partial charge on any atom is 0.326 e. The molecule has 0 spiro atoms. The van der Waals surface area contributed by atoms with Gasteiger partial charge >= 0.3 is 5.97 Å². The smallest absolute Gasteiger partial charge is 0.326 e. The van der Waals surface area contributed by atoms with Crippen LogP contribution in [0, 0.1) is 22.2 Å². The van der Waals surface area contributed by atoms with Crippen molar-refractivity contribution in [3.05, 3.63) is 0 Å². The second-order valence-electron chi connectivity index (χ2n) is 14.1. The lowest BCUT2D eigenvalue weighted by Gasteiger charge is -2.32. The standard InChI is InChI=1S/C31H59N3O6/c1-22(2)13-11-12-18-33-27(38)30(7,8)17-20-40-23(3)16-19-32-25(35)15-14-24(26(36)37)34-28(39)31(9,10)21-29(4,5)6/h22-24H,11-21H2,1-10H3,(H,32,35)(H,33,38)(H,34,39)(H,36,37). The Morgan fingerprint density at radius 1 is 0.775 bits per heavy atom. The predicted octanol–water partition coefficient (Wildman–Crippen LogP) is 5.07. The number of aliphatic carboxylic acids is 1. The lowest BCUT2D eigenvalue weighted by atomic mass is 9.75. The summed E-state index contributed by atoms with van der Waals surface area (Å²) in [6.07, 6.45) is 4.96. The Hall–Kier alpha value is -2.16. The van der Waals surface area contributed by atoms with E-state index in [0.29, 0.717) is 44.9 Å². The Morgan fingerprint density at radius 3 is 1.95 bits per heavy atom. The van der Waals surface area contributed by atoms with Crippen LogP contribution in [0.15, 0.2) is 0 Å². The minimum atomic E-state index is -1.16. The van der Waals surface area contributed by atoms with E-state index in [0.717, 1.165) is 12.8 Å². The number of carbonyl (C=O) groups excluding carboxylic acids is 3. The van der Waals surface area contributed by atoms with Crippen molar-refractivity contribution in [2.75, 3.05) is 19.7 Å². The average molecular weight is 570 g/mol. The van der Waals surface area contributed by atoms with Gasteiger partial charge < -0.3 is 25.8 Å². The fourth-order valence-electron chi connectivity index (χ4n) is 4.63. The van der Waals surface area contributed by atoms with E-state index in [1.807, 2.05) is 41.5 Å². The van der Waals surface area contributed by atoms with Crippen molar-refractivity contribution in [2.24, 2.45) is 22.2 Å². The van der Waals surface area contributed by atoms with E-state index in [1.165, 1.54) is 6.42 Å². The van der Waals surface area contributed by atoms with Crippen molar-refractivity contribution in [2.45, 2.75) is 133 Å². The van der Waals surface area contributed by atoms with Crippen molar-refractivity contribution < 1.29 is 29.0 Å². The Kier molecular flexibility index (Phi) is 16.7. The lowest BCUT2D eigenvalue weighted by molar-refractivity contribution is -0.144. The Balaban J connectivity index is 4.34. The quantitative estimate of drug-likeness (QED) is 0.151. The number of hydrogen-bond donors (Lipinski definition) is 4. The largest absolute Gasteiger partial charge is 0.480 e. The molecule has 0 saturated carbocycles. The molecule has 0 radical (unpaired) electrons. The van der Waals surface area contributed by atoms with E-state index >= 15 is 0 Å². The fourth-order valence-corrected chi connectivity index (χ4v) is 4.63. The van der Waals surface area contributed by atoms with E-state index in [9.17, 15) is 24.3 Å². The highest BCUT2D eigenvalue weighted by atomic mass is 16.5. The van der Waals surface area contributed by atoms with Gasteiger partial charge in [0.15, 0.2) is 0 Å². The highest BCUT2D eigenvalue weighted by Crippen LogP contribution is 2.33. The molecule has 0 fully saturated rings. The molecular formula is C31H59N3O6. The van der Waals surface area contributed by atoms with Crippen molar-refractivity contribution in [1.82, 2.24) is 16.0 Å². The first-order chi connectivity index (χ1) is 18.3. The number of nitrogens with one attached hydrogen (secondary N) is 3. The molecule has 3 amide bonds. The van der Waals surface area contributed by atoms with E-state index in [1.54, 1.807) is 13.8 Å². The molecule has 2 unspecified atom stereocenters. The van der Waals surface area contributed by atoms with Crippen LogP contribution >= 0.6 is 0 Å². The third-order valence-corrected chi connectivity index (χ3v) is 6.96. The zero-order chi connectivity index (χ0) is 31.1. The molecule has 4 N–H and O–H groups in total. The summed E-state index contributed by atoms with van der Waals surface area (Å²) in [6, 6.07) is -1.12. The molecule has 234 valence electrons. The van der Waals surface area contributed by atoms with Crippen molar-refractivity contribution in [3.63, 3.8) is 0 Å². The first-order valence-electron chi connectivity index (χ1n) is 15.0. The zero-order valence-corrected chi connectivity index (χ0v) is 27.0. The van der Waals surface area contributed by atoms with Gasteiger partial charge in [-0.15, -0.1) is 0 Å². The van der Waals surface area contributed by atoms with Crippen LogP contribution in [0.1, 0.15) is 121 Å². The maximum atomic E-state index is 12.7. The molecule has 0 aromatic carbocycles. The first-order valence-corrected chi connectivity index (χ1v) is 15.0. The molecule has 0 aliphatic heterocycles. The maximum absolute atomic E-state index is 12.7. The second kappa shape index (κ2) is 17.6. The molecule has 0 aliphatic carbocycles. The summed E-state index contributed by atoms with van der Waals surface area (Å²) in [7, 11) is 0. The highest BCUT2D eigenvalue weighted by Gasteiger charge is 2.35. The van der Waals surface area contributed by atoms with E-state index in [2.05, 4.69) is 29.8 Å². The van der Waals surface area contributed by atoms with Crippen molar-refractivity contribution in [1.29, 1.82) is 0 Å². The van der Waals surface area contributed by atoms with Crippen molar-refractivity contribution in [3.8, 4) is 0 Å². The van der Waals surface area contributed by atoms with Gasteiger partial charge in [0.1, 0.15) is 6.04 Å². The van der Waals surface area contributed by atoms with Crippen LogP contribution in [0.25, 0.3) is 0 Å². The second-order valence-corrected chi connectivity index (χ2v) is 14.1. The summed E-state index contributed by atoms with van der Waals surface area (Å²) in [5.41, 5.74) is -1.33. The summed E-state index contributed by atoms with van der Waals surface area (Å²) in [4.78, 5) is 49.2. The monoisotopic (exact) mass is 569 g/mol. The van der Waals surface area contributed by atoms with Crippen LogP contribution in [-0.4, -0.2) is 60.6 Å². The molecule has 0 saturated heterocycles. The van der Waals surface area contributed by atoms with Crippen LogP contribution in [0.3, 0.4) is 0 Å². The third kappa shape index (κ3) is 17.5. The summed E-state index contributed by atoms with van der Waals surface area (Å²) in [5, 5.41) is 18.0. The van der Waals surface area contributed by atoms with E-state index < -0.39 is 22.8 Å². The van der Waals surface area contributed by atoms with Gasteiger partial charge in [-0.3, -0.25) is 14.4 Å². The van der Waals surface area contributed by atoms with Crippen LogP contribution in [0.5, 0.6) is 0 Å². The fraction of sp³-hybridized carbons (Fsp3) is 0.871. The summed E-state index contributed by atoms with van der Waals surface area (Å²) in [5.74, 6) is -1.04. The third-order valence-electron chi connectivity index (χ3n) is 6.96. The van der Waals surface area contributed by atoms with Gasteiger partial charge in [0.25, 0.3) is 0 Å². The summed E-state index contributed by atoms with van der Waals surface area (Å²) < 4.78 is 5.86. The zero-order valence-electron chi connectivity index (χ0n) is 27.0. The molecule has 0 heterocycles. The molecule has 0 rings (SSSR count). The molecule has 9 nitrogen and oxygen atoms in total. The Labute approximate surface area is 243 Å².